The van der Waals surface area contributed by atoms with Crippen molar-refractivity contribution in [3.8, 4) is 11.3 Å². The number of carbonyl (C=O) groups excluding carboxylic acids is 1. The Morgan fingerprint density at radius 1 is 1.40 bits per heavy atom. The summed E-state index contributed by atoms with van der Waals surface area (Å²) in [7, 11) is 0. The number of nitrogens with zero attached hydrogens (tertiary/aromatic N) is 2. The Labute approximate surface area is 153 Å². The maximum Gasteiger partial charge on any atom is 0.230 e. The van der Waals surface area contributed by atoms with Crippen LogP contribution < -0.4 is 5.32 Å². The van der Waals surface area contributed by atoms with Gasteiger partial charge in [0.1, 0.15) is 0 Å². The average Bonchev–Trinajstić information content (AvgIpc) is 3.29. The topological polar surface area (TPSA) is 56.2 Å². The van der Waals surface area contributed by atoms with Crippen molar-refractivity contribution in [2.24, 2.45) is 0 Å². The van der Waals surface area contributed by atoms with Gasteiger partial charge in [-0.1, -0.05) is 49.0 Å². The van der Waals surface area contributed by atoms with E-state index in [1.165, 1.54) is 11.8 Å². The highest BCUT2D eigenvalue weighted by atomic mass is 32.2. The van der Waals surface area contributed by atoms with E-state index in [-0.39, 0.29) is 12.0 Å². The number of hydrogen-bond donors (Lipinski definition) is 1. The number of ether oxygens (including phenoxy) is 1. The number of aromatic nitrogens is 2. The van der Waals surface area contributed by atoms with Crippen LogP contribution in [0.2, 0.25) is 0 Å². The maximum atomic E-state index is 11.9. The average molecular weight is 359 g/mol. The van der Waals surface area contributed by atoms with Gasteiger partial charge in [0.25, 0.3) is 0 Å². The van der Waals surface area contributed by atoms with Crippen LogP contribution in [0.15, 0.2) is 41.7 Å². The second kappa shape index (κ2) is 9.06. The molecular weight excluding hydrogens is 334 g/mol. The van der Waals surface area contributed by atoms with Gasteiger partial charge in [-0.3, -0.25) is 4.79 Å². The molecule has 1 aromatic carbocycles. The van der Waals surface area contributed by atoms with Crippen molar-refractivity contribution in [1.82, 2.24) is 14.9 Å². The van der Waals surface area contributed by atoms with Crippen molar-refractivity contribution >= 4 is 17.7 Å². The van der Waals surface area contributed by atoms with Crippen molar-refractivity contribution in [3.05, 3.63) is 36.5 Å². The molecule has 1 atom stereocenters. The third kappa shape index (κ3) is 4.86. The van der Waals surface area contributed by atoms with Gasteiger partial charge in [-0.25, -0.2) is 4.98 Å². The molecule has 1 aliphatic heterocycles. The molecule has 6 heteroatoms. The molecule has 1 fully saturated rings. The highest BCUT2D eigenvalue weighted by Gasteiger charge is 2.21. The molecule has 25 heavy (non-hydrogen) atoms. The van der Waals surface area contributed by atoms with Crippen LogP contribution in [0.5, 0.6) is 0 Å². The predicted molar refractivity (Wildman–Crippen MR) is 101 cm³/mol. The fourth-order valence-corrected chi connectivity index (χ4v) is 3.75. The van der Waals surface area contributed by atoms with E-state index in [1.54, 1.807) is 0 Å². The van der Waals surface area contributed by atoms with E-state index in [0.717, 1.165) is 55.4 Å². The number of nitrogens with one attached hydrogen (secondary N) is 1. The molecule has 1 saturated heterocycles. The molecule has 1 N–H and O–H groups in total. The standard InChI is InChI=1S/C19H25N3O2S/c1-2-10-20-18(23)14-25-19-21-12-17(15-7-4-3-5-8-15)22(19)13-16-9-6-11-24-16/h3-5,7-8,12,16H,2,6,9-11,13-14H2,1H3,(H,20,23). The van der Waals surface area contributed by atoms with Crippen LogP contribution in [0.4, 0.5) is 0 Å². The molecule has 1 aliphatic rings. The molecule has 0 spiro atoms. The van der Waals surface area contributed by atoms with Crippen LogP contribution in [0.25, 0.3) is 11.3 Å². The predicted octanol–water partition coefficient (Wildman–Crippen LogP) is 3.35. The summed E-state index contributed by atoms with van der Waals surface area (Å²) in [5, 5.41) is 3.79. The molecule has 0 bridgehead atoms. The minimum atomic E-state index is 0.0553. The molecule has 0 radical (unpaired) electrons. The molecule has 1 amide bonds. The summed E-state index contributed by atoms with van der Waals surface area (Å²) < 4.78 is 8.01. The highest BCUT2D eigenvalue weighted by molar-refractivity contribution is 7.99. The Kier molecular flexibility index (Phi) is 6.53. The van der Waals surface area contributed by atoms with Crippen molar-refractivity contribution in [3.63, 3.8) is 0 Å². The first-order chi connectivity index (χ1) is 12.3. The van der Waals surface area contributed by atoms with Gasteiger partial charge in [0.05, 0.1) is 30.3 Å². The summed E-state index contributed by atoms with van der Waals surface area (Å²) in [5.74, 6) is 0.441. The lowest BCUT2D eigenvalue weighted by Crippen LogP contribution is -2.26. The SMILES string of the molecule is CCCNC(=O)CSc1ncc(-c2ccccc2)n1CC1CCCO1. The normalized spacial score (nSPS) is 16.9. The molecule has 0 saturated carbocycles. The Hall–Kier alpha value is -1.79. The van der Waals surface area contributed by atoms with Gasteiger partial charge in [-0.2, -0.15) is 0 Å². The Bertz CT molecular complexity index is 681. The number of carbonyl (C=O) groups is 1. The summed E-state index contributed by atoms with van der Waals surface area (Å²) in [4.78, 5) is 16.5. The third-order valence-electron chi connectivity index (χ3n) is 4.20. The van der Waals surface area contributed by atoms with Gasteiger partial charge < -0.3 is 14.6 Å². The summed E-state index contributed by atoms with van der Waals surface area (Å²) in [6.07, 6.45) is 5.26. The first-order valence-electron chi connectivity index (χ1n) is 8.90. The first-order valence-corrected chi connectivity index (χ1v) is 9.88. The van der Waals surface area contributed by atoms with E-state index in [2.05, 4.69) is 27.0 Å². The van der Waals surface area contributed by atoms with E-state index < -0.39 is 0 Å². The molecule has 3 rings (SSSR count). The summed E-state index contributed by atoms with van der Waals surface area (Å²) in [6, 6.07) is 10.3. The van der Waals surface area contributed by atoms with E-state index >= 15 is 0 Å². The summed E-state index contributed by atoms with van der Waals surface area (Å²) in [6.45, 7) is 4.39. The number of benzene rings is 1. The van der Waals surface area contributed by atoms with Crippen molar-refractivity contribution < 1.29 is 9.53 Å². The maximum absolute atomic E-state index is 11.9. The van der Waals surface area contributed by atoms with E-state index in [1.807, 2.05) is 31.3 Å². The zero-order valence-corrected chi connectivity index (χ0v) is 15.4. The lowest BCUT2D eigenvalue weighted by molar-refractivity contribution is -0.118. The second-order valence-corrected chi connectivity index (χ2v) is 7.12. The van der Waals surface area contributed by atoms with Gasteiger partial charge >= 0.3 is 0 Å². The molecular formula is C19H25N3O2S. The van der Waals surface area contributed by atoms with Crippen molar-refractivity contribution in [1.29, 1.82) is 0 Å². The zero-order chi connectivity index (χ0) is 17.5. The van der Waals surface area contributed by atoms with Gasteiger partial charge in [0, 0.05) is 13.2 Å². The van der Waals surface area contributed by atoms with Crippen LogP contribution in [-0.2, 0) is 16.1 Å². The van der Waals surface area contributed by atoms with Crippen molar-refractivity contribution in [2.45, 2.75) is 44.0 Å². The Balaban J connectivity index is 1.77. The van der Waals surface area contributed by atoms with Gasteiger partial charge in [-0.05, 0) is 24.8 Å². The zero-order valence-electron chi connectivity index (χ0n) is 14.6. The molecule has 2 aromatic rings. The second-order valence-electron chi connectivity index (χ2n) is 6.18. The minimum absolute atomic E-state index is 0.0553. The largest absolute Gasteiger partial charge is 0.376 e. The van der Waals surface area contributed by atoms with E-state index in [4.69, 9.17) is 4.74 Å². The molecule has 134 valence electrons. The Morgan fingerprint density at radius 3 is 2.96 bits per heavy atom. The highest BCUT2D eigenvalue weighted by Crippen LogP contribution is 2.28. The lowest BCUT2D eigenvalue weighted by atomic mass is 10.1. The summed E-state index contributed by atoms with van der Waals surface area (Å²) in [5.41, 5.74) is 2.21. The molecule has 2 heterocycles. The number of amides is 1. The summed E-state index contributed by atoms with van der Waals surface area (Å²) >= 11 is 1.49. The van der Waals surface area contributed by atoms with E-state index in [0.29, 0.717) is 5.75 Å². The van der Waals surface area contributed by atoms with E-state index in [9.17, 15) is 4.79 Å². The van der Waals surface area contributed by atoms with Gasteiger partial charge in [-0.15, -0.1) is 0 Å². The van der Waals surface area contributed by atoms with Crippen LogP contribution in [0.1, 0.15) is 26.2 Å². The van der Waals surface area contributed by atoms with Gasteiger partial charge in [0.2, 0.25) is 5.91 Å². The lowest BCUT2D eigenvalue weighted by Gasteiger charge is -2.16. The molecule has 1 unspecified atom stereocenters. The van der Waals surface area contributed by atoms with Crippen molar-refractivity contribution in [2.75, 3.05) is 18.9 Å². The molecule has 5 nitrogen and oxygen atoms in total. The Morgan fingerprint density at radius 2 is 2.24 bits per heavy atom. The fourth-order valence-electron chi connectivity index (χ4n) is 2.93. The third-order valence-corrected chi connectivity index (χ3v) is 5.19. The minimum Gasteiger partial charge on any atom is -0.376 e. The number of hydrogen-bond acceptors (Lipinski definition) is 4. The first kappa shape index (κ1) is 18.0. The van der Waals surface area contributed by atoms with Crippen LogP contribution in [0.3, 0.4) is 0 Å². The van der Waals surface area contributed by atoms with Crippen LogP contribution >= 0.6 is 11.8 Å². The fraction of sp³-hybridized carbons (Fsp3) is 0.474. The quantitative estimate of drug-likeness (QED) is 0.735. The van der Waals surface area contributed by atoms with Gasteiger partial charge in [0.15, 0.2) is 5.16 Å². The number of imidazole rings is 1. The molecule has 0 aliphatic carbocycles. The number of thioether (sulfide) groups is 1. The smallest absolute Gasteiger partial charge is 0.230 e. The van der Waals surface area contributed by atoms with Crippen LogP contribution in [-0.4, -0.2) is 40.5 Å². The monoisotopic (exact) mass is 359 g/mol. The number of rotatable bonds is 8. The molecule has 1 aromatic heterocycles. The van der Waals surface area contributed by atoms with Crippen LogP contribution in [0, 0.1) is 0 Å².